The van der Waals surface area contributed by atoms with Gasteiger partial charge in [0, 0.05) is 5.69 Å². The summed E-state index contributed by atoms with van der Waals surface area (Å²) >= 11 is 0. The molecule has 1 heterocycles. The van der Waals surface area contributed by atoms with Gasteiger partial charge in [0.2, 0.25) is 0 Å². The summed E-state index contributed by atoms with van der Waals surface area (Å²) < 4.78 is 11.2. The van der Waals surface area contributed by atoms with Crippen molar-refractivity contribution in [3.05, 3.63) is 66.4 Å². The van der Waals surface area contributed by atoms with Crippen molar-refractivity contribution in [2.45, 2.75) is 26.9 Å². The number of rotatable bonds is 8. The number of nitrogens with zero attached hydrogens (tertiary/aromatic N) is 2. The lowest BCUT2D eigenvalue weighted by Gasteiger charge is -2.11. The van der Waals surface area contributed by atoms with Crippen molar-refractivity contribution < 1.29 is 14.3 Å². The molecule has 0 fully saturated rings. The fourth-order valence-electron chi connectivity index (χ4n) is 2.59. The normalized spacial score (nSPS) is 10.5. The number of benzene rings is 2. The van der Waals surface area contributed by atoms with Crippen LogP contribution in [0.15, 0.2) is 60.7 Å². The molecule has 1 amide bonds. The molecule has 29 heavy (non-hydrogen) atoms. The largest absolute Gasteiger partial charge is 0.492 e. The van der Waals surface area contributed by atoms with Crippen LogP contribution in [0.4, 0.5) is 17.2 Å². The first kappa shape index (κ1) is 20.1. The summed E-state index contributed by atoms with van der Waals surface area (Å²) in [6.07, 6.45) is 0.0957. The number of hydrogen-bond donors (Lipinski definition) is 2. The topological polar surface area (TPSA) is 85.4 Å². The van der Waals surface area contributed by atoms with E-state index in [9.17, 15) is 4.79 Å². The van der Waals surface area contributed by atoms with Crippen molar-refractivity contribution in [3.63, 3.8) is 0 Å². The molecule has 0 spiro atoms. The molecule has 0 saturated carbocycles. The molecular weight excluding hydrogens is 368 g/mol. The minimum atomic E-state index is -0.337. The molecular formula is C22H24N4O3. The van der Waals surface area contributed by atoms with E-state index in [0.717, 1.165) is 17.2 Å². The fraction of sp³-hybridized carbons (Fsp3) is 0.227. The highest BCUT2D eigenvalue weighted by atomic mass is 16.5. The summed E-state index contributed by atoms with van der Waals surface area (Å²) in [4.78, 5) is 12.4. The molecule has 150 valence electrons. The third-order valence-electron chi connectivity index (χ3n) is 3.83. The van der Waals surface area contributed by atoms with Crippen LogP contribution in [0.5, 0.6) is 11.5 Å². The number of ether oxygens (including phenoxy) is 2. The molecule has 7 nitrogen and oxygen atoms in total. The lowest BCUT2D eigenvalue weighted by atomic mass is 10.2. The van der Waals surface area contributed by atoms with Crippen LogP contribution in [0, 0.1) is 0 Å². The lowest BCUT2D eigenvalue weighted by Crippen LogP contribution is -2.14. The highest BCUT2D eigenvalue weighted by Crippen LogP contribution is 2.26. The van der Waals surface area contributed by atoms with Crippen molar-refractivity contribution in [2.75, 3.05) is 17.2 Å². The van der Waals surface area contributed by atoms with Gasteiger partial charge >= 0.3 is 0 Å². The van der Waals surface area contributed by atoms with E-state index < -0.39 is 0 Å². The molecule has 0 unspecified atom stereocenters. The van der Waals surface area contributed by atoms with Crippen LogP contribution < -0.4 is 20.1 Å². The Balaban J connectivity index is 1.63. The Morgan fingerprint density at radius 1 is 1.00 bits per heavy atom. The first-order chi connectivity index (χ1) is 14.0. The molecule has 0 atom stereocenters. The number of nitrogens with one attached hydrogen (secondary N) is 2. The monoisotopic (exact) mass is 392 g/mol. The molecule has 2 N–H and O–H groups in total. The van der Waals surface area contributed by atoms with Gasteiger partial charge in [-0.1, -0.05) is 12.1 Å². The Kier molecular flexibility index (Phi) is 6.63. The smallest absolute Gasteiger partial charge is 0.276 e. The third kappa shape index (κ3) is 5.68. The van der Waals surface area contributed by atoms with E-state index in [1.807, 2.05) is 57.2 Å². The van der Waals surface area contributed by atoms with Crippen LogP contribution in [0.2, 0.25) is 0 Å². The van der Waals surface area contributed by atoms with Crippen molar-refractivity contribution in [2.24, 2.45) is 0 Å². The summed E-state index contributed by atoms with van der Waals surface area (Å²) in [5.41, 5.74) is 1.65. The van der Waals surface area contributed by atoms with Crippen molar-refractivity contribution in [1.29, 1.82) is 0 Å². The van der Waals surface area contributed by atoms with Crippen molar-refractivity contribution in [3.8, 4) is 11.5 Å². The second kappa shape index (κ2) is 9.54. The number of amides is 1. The Labute approximate surface area is 170 Å². The number of aromatic nitrogens is 2. The Bertz CT molecular complexity index is 941. The van der Waals surface area contributed by atoms with Crippen LogP contribution in [0.25, 0.3) is 0 Å². The highest BCUT2D eigenvalue weighted by molar-refractivity contribution is 6.02. The SMILES string of the molecule is CCOc1ccccc1Nc1ccc(C(=O)Nc2ccc(OC(C)C)cc2)nn1. The van der Waals surface area contributed by atoms with Crippen LogP contribution in [-0.4, -0.2) is 28.8 Å². The predicted octanol–water partition coefficient (Wildman–Crippen LogP) is 4.66. The van der Waals surface area contributed by atoms with Crippen molar-refractivity contribution in [1.82, 2.24) is 10.2 Å². The summed E-state index contributed by atoms with van der Waals surface area (Å²) in [5.74, 6) is 1.66. The standard InChI is InChI=1S/C22H24N4O3/c1-4-28-20-8-6-5-7-18(20)24-21-14-13-19(25-26-21)22(27)23-16-9-11-17(12-10-16)29-15(2)3/h5-15H,4H2,1-3H3,(H,23,27)(H,24,26). The first-order valence-electron chi connectivity index (χ1n) is 9.46. The number of anilines is 3. The number of hydrogen-bond acceptors (Lipinski definition) is 6. The van der Waals surface area contributed by atoms with E-state index in [1.165, 1.54) is 0 Å². The quantitative estimate of drug-likeness (QED) is 0.580. The molecule has 3 aromatic rings. The molecule has 0 aliphatic carbocycles. The van der Waals surface area contributed by atoms with Gasteiger partial charge in [-0.15, -0.1) is 10.2 Å². The number of carbonyl (C=O) groups excluding carboxylic acids is 1. The van der Waals surface area contributed by atoms with E-state index in [2.05, 4.69) is 20.8 Å². The maximum atomic E-state index is 12.4. The summed E-state index contributed by atoms with van der Waals surface area (Å²) in [6.45, 7) is 6.41. The minimum absolute atomic E-state index is 0.0957. The second-order valence-electron chi connectivity index (χ2n) is 6.50. The van der Waals surface area contributed by atoms with Gasteiger partial charge in [-0.2, -0.15) is 0 Å². The van der Waals surface area contributed by atoms with Gasteiger partial charge in [-0.3, -0.25) is 4.79 Å². The van der Waals surface area contributed by atoms with Crippen LogP contribution >= 0.6 is 0 Å². The zero-order valence-corrected chi connectivity index (χ0v) is 16.7. The molecule has 0 aliphatic heterocycles. The first-order valence-corrected chi connectivity index (χ1v) is 9.46. The fourth-order valence-corrected chi connectivity index (χ4v) is 2.59. The minimum Gasteiger partial charge on any atom is -0.492 e. The van der Waals surface area contributed by atoms with Gasteiger partial charge in [0.05, 0.1) is 18.4 Å². The average molecular weight is 392 g/mol. The van der Waals surface area contributed by atoms with Crippen LogP contribution in [-0.2, 0) is 0 Å². The van der Waals surface area contributed by atoms with E-state index in [0.29, 0.717) is 18.1 Å². The maximum absolute atomic E-state index is 12.4. The van der Waals surface area contributed by atoms with Gasteiger partial charge in [0.1, 0.15) is 11.5 Å². The Hall–Kier alpha value is -3.61. The molecule has 1 aromatic heterocycles. The van der Waals surface area contributed by atoms with E-state index in [-0.39, 0.29) is 17.7 Å². The maximum Gasteiger partial charge on any atom is 0.276 e. The lowest BCUT2D eigenvalue weighted by molar-refractivity contribution is 0.102. The van der Waals surface area contributed by atoms with E-state index in [1.54, 1.807) is 24.3 Å². The predicted molar refractivity (Wildman–Crippen MR) is 113 cm³/mol. The average Bonchev–Trinajstić information content (AvgIpc) is 2.71. The van der Waals surface area contributed by atoms with Crippen LogP contribution in [0.3, 0.4) is 0 Å². The molecule has 3 rings (SSSR count). The van der Waals surface area contributed by atoms with Crippen molar-refractivity contribution >= 4 is 23.1 Å². The molecule has 0 saturated heterocycles. The van der Waals surface area contributed by atoms with E-state index >= 15 is 0 Å². The Morgan fingerprint density at radius 3 is 2.41 bits per heavy atom. The van der Waals surface area contributed by atoms with Gasteiger partial charge in [0.25, 0.3) is 5.91 Å². The van der Waals surface area contributed by atoms with Gasteiger partial charge in [-0.05, 0) is 69.3 Å². The van der Waals surface area contributed by atoms with Gasteiger partial charge in [0.15, 0.2) is 11.5 Å². The van der Waals surface area contributed by atoms with Gasteiger partial charge in [-0.25, -0.2) is 0 Å². The summed E-state index contributed by atoms with van der Waals surface area (Å²) in [7, 11) is 0. The third-order valence-corrected chi connectivity index (χ3v) is 3.83. The zero-order chi connectivity index (χ0) is 20.6. The molecule has 0 bridgehead atoms. The number of carbonyl (C=O) groups is 1. The molecule has 7 heteroatoms. The number of para-hydroxylation sites is 2. The van der Waals surface area contributed by atoms with Gasteiger partial charge < -0.3 is 20.1 Å². The van der Waals surface area contributed by atoms with Crippen LogP contribution in [0.1, 0.15) is 31.3 Å². The molecule has 0 aliphatic rings. The summed E-state index contributed by atoms with van der Waals surface area (Å²) in [6, 6.07) is 18.1. The van der Waals surface area contributed by atoms with E-state index in [4.69, 9.17) is 9.47 Å². The molecule has 0 radical (unpaired) electrons. The Morgan fingerprint density at radius 2 is 1.76 bits per heavy atom. The second-order valence-corrected chi connectivity index (χ2v) is 6.50. The zero-order valence-electron chi connectivity index (χ0n) is 16.7. The summed E-state index contributed by atoms with van der Waals surface area (Å²) in [5, 5.41) is 14.0. The molecule has 2 aromatic carbocycles. The highest BCUT2D eigenvalue weighted by Gasteiger charge is 2.10.